The zero-order valence-electron chi connectivity index (χ0n) is 14.7. The van der Waals surface area contributed by atoms with E-state index in [1.165, 1.54) is 11.3 Å². The van der Waals surface area contributed by atoms with Gasteiger partial charge in [0.05, 0.1) is 33.5 Å². The second-order valence-electron chi connectivity index (χ2n) is 6.57. The van der Waals surface area contributed by atoms with Gasteiger partial charge in [-0.2, -0.15) is 0 Å². The summed E-state index contributed by atoms with van der Waals surface area (Å²) in [5, 5.41) is 1.31. The Labute approximate surface area is 175 Å². The van der Waals surface area contributed by atoms with Crippen molar-refractivity contribution in [3.8, 4) is 0 Å². The van der Waals surface area contributed by atoms with E-state index >= 15 is 0 Å². The smallest absolute Gasteiger partial charge is 0.261 e. The van der Waals surface area contributed by atoms with Gasteiger partial charge < -0.3 is 4.74 Å². The van der Waals surface area contributed by atoms with Crippen LogP contribution in [-0.4, -0.2) is 30.1 Å². The van der Waals surface area contributed by atoms with Gasteiger partial charge in [-0.3, -0.25) is 9.69 Å². The highest BCUT2D eigenvalue weighted by atomic mass is 79.9. The molecule has 1 aliphatic heterocycles. The maximum Gasteiger partial charge on any atom is 0.261 e. The first-order chi connectivity index (χ1) is 13.0. The van der Waals surface area contributed by atoms with Crippen molar-refractivity contribution >= 4 is 60.1 Å². The fourth-order valence-electron chi connectivity index (χ4n) is 3.23. The highest BCUT2D eigenvalue weighted by Crippen LogP contribution is 2.37. The second-order valence-corrected chi connectivity index (χ2v) is 8.81. The van der Waals surface area contributed by atoms with Gasteiger partial charge in [0.1, 0.15) is 0 Å². The second kappa shape index (κ2) is 7.87. The minimum absolute atomic E-state index is 0.0278. The molecular weight excluding hydrogens is 448 g/mol. The van der Waals surface area contributed by atoms with Crippen molar-refractivity contribution in [2.24, 2.45) is 0 Å². The number of nitrogens with zero attached hydrogens (tertiary/aromatic N) is 2. The zero-order chi connectivity index (χ0) is 19.0. The zero-order valence-corrected chi connectivity index (χ0v) is 17.9. The van der Waals surface area contributed by atoms with E-state index in [0.717, 1.165) is 39.7 Å². The summed E-state index contributed by atoms with van der Waals surface area (Å²) in [5.41, 5.74) is 2.50. The fourth-order valence-corrected chi connectivity index (χ4v) is 5.00. The number of carbonyl (C=O) groups excluding carboxylic acids is 1. The molecule has 3 aromatic rings. The Kier molecular flexibility index (Phi) is 5.50. The van der Waals surface area contributed by atoms with Gasteiger partial charge in [0, 0.05) is 11.1 Å². The van der Waals surface area contributed by atoms with Crippen molar-refractivity contribution in [1.82, 2.24) is 4.98 Å². The number of rotatable bonds is 4. The Morgan fingerprint density at radius 2 is 2.19 bits per heavy atom. The highest BCUT2D eigenvalue weighted by Gasteiger charge is 2.28. The van der Waals surface area contributed by atoms with Crippen LogP contribution in [0.2, 0.25) is 5.02 Å². The summed E-state index contributed by atoms with van der Waals surface area (Å²) in [5.74, 6) is -0.0918. The minimum Gasteiger partial charge on any atom is -0.376 e. The first-order valence-corrected chi connectivity index (χ1v) is 10.8. The van der Waals surface area contributed by atoms with E-state index < -0.39 is 0 Å². The third-order valence-electron chi connectivity index (χ3n) is 4.68. The van der Waals surface area contributed by atoms with Gasteiger partial charge in [0.25, 0.3) is 5.91 Å². The third kappa shape index (κ3) is 3.76. The standard InChI is InChI=1S/C20H18BrClN2O2S/c1-12-8-9-16(22)18-17(12)23-20(27-18)24(11-13-5-4-10-26-13)19(25)14-6-2-3-7-15(14)21/h2-3,6-9,13H,4-5,10-11H2,1H3. The van der Waals surface area contributed by atoms with Crippen LogP contribution in [0.15, 0.2) is 40.9 Å². The van der Waals surface area contributed by atoms with Crippen molar-refractivity contribution in [2.45, 2.75) is 25.9 Å². The molecule has 7 heteroatoms. The van der Waals surface area contributed by atoms with E-state index in [4.69, 9.17) is 21.3 Å². The maximum absolute atomic E-state index is 13.4. The number of carbonyl (C=O) groups is 1. The number of anilines is 1. The van der Waals surface area contributed by atoms with E-state index in [0.29, 0.717) is 22.3 Å². The number of aromatic nitrogens is 1. The molecule has 4 rings (SSSR count). The summed E-state index contributed by atoms with van der Waals surface area (Å²) in [7, 11) is 0. The molecule has 0 N–H and O–H groups in total. The molecule has 1 aromatic heterocycles. The molecule has 1 atom stereocenters. The highest BCUT2D eigenvalue weighted by molar-refractivity contribution is 9.10. The Bertz CT molecular complexity index is 962. The number of thiazole rings is 1. The van der Waals surface area contributed by atoms with Crippen molar-refractivity contribution in [3.63, 3.8) is 0 Å². The Morgan fingerprint density at radius 3 is 2.89 bits per heavy atom. The molecule has 2 heterocycles. The number of ether oxygens (including phenoxy) is 1. The predicted octanol–water partition coefficient (Wildman–Crippen LogP) is 5.85. The predicted molar refractivity (Wildman–Crippen MR) is 114 cm³/mol. The number of hydrogen-bond donors (Lipinski definition) is 0. The van der Waals surface area contributed by atoms with Gasteiger partial charge in [0.15, 0.2) is 5.13 Å². The molecule has 0 saturated carbocycles. The van der Waals surface area contributed by atoms with Crippen LogP contribution in [0.1, 0.15) is 28.8 Å². The topological polar surface area (TPSA) is 42.4 Å². The quantitative estimate of drug-likeness (QED) is 0.485. The Morgan fingerprint density at radius 1 is 1.37 bits per heavy atom. The summed E-state index contributed by atoms with van der Waals surface area (Å²) in [6, 6.07) is 11.3. The molecule has 1 fully saturated rings. The van der Waals surface area contributed by atoms with Crippen molar-refractivity contribution in [2.75, 3.05) is 18.1 Å². The minimum atomic E-state index is -0.0918. The lowest BCUT2D eigenvalue weighted by Crippen LogP contribution is -2.37. The van der Waals surface area contributed by atoms with Gasteiger partial charge in [-0.1, -0.05) is 41.1 Å². The molecule has 2 aromatic carbocycles. The average molecular weight is 466 g/mol. The molecule has 1 unspecified atom stereocenters. The summed E-state index contributed by atoms with van der Waals surface area (Å²) < 4.78 is 7.46. The number of aryl methyl sites for hydroxylation is 1. The number of benzene rings is 2. The molecule has 27 heavy (non-hydrogen) atoms. The monoisotopic (exact) mass is 464 g/mol. The molecule has 0 bridgehead atoms. The first kappa shape index (κ1) is 18.9. The van der Waals surface area contributed by atoms with Gasteiger partial charge in [-0.05, 0) is 59.5 Å². The van der Waals surface area contributed by atoms with Crippen LogP contribution in [0, 0.1) is 6.92 Å². The van der Waals surface area contributed by atoms with Crippen molar-refractivity contribution < 1.29 is 9.53 Å². The lowest BCUT2D eigenvalue weighted by molar-refractivity contribution is 0.0917. The summed E-state index contributed by atoms with van der Waals surface area (Å²) in [6.07, 6.45) is 2.00. The number of hydrogen-bond acceptors (Lipinski definition) is 4. The van der Waals surface area contributed by atoms with Crippen LogP contribution >= 0.6 is 38.9 Å². The lowest BCUT2D eigenvalue weighted by atomic mass is 10.2. The van der Waals surface area contributed by atoms with Gasteiger partial charge in [-0.15, -0.1) is 0 Å². The largest absolute Gasteiger partial charge is 0.376 e. The number of halogens is 2. The molecule has 4 nitrogen and oxygen atoms in total. The van der Waals surface area contributed by atoms with Crippen LogP contribution in [-0.2, 0) is 4.74 Å². The molecule has 0 spiro atoms. The Balaban J connectivity index is 1.78. The Hall–Kier alpha value is -1.47. The molecular formula is C20H18BrClN2O2S. The van der Waals surface area contributed by atoms with E-state index in [1.807, 2.05) is 43.3 Å². The SMILES string of the molecule is Cc1ccc(Cl)c2sc(N(CC3CCCO3)C(=O)c3ccccc3Br)nc12. The molecule has 1 saturated heterocycles. The van der Waals surface area contributed by atoms with Crippen LogP contribution in [0.4, 0.5) is 5.13 Å². The van der Waals surface area contributed by atoms with E-state index in [9.17, 15) is 4.79 Å². The average Bonchev–Trinajstić information content (AvgIpc) is 3.33. The van der Waals surface area contributed by atoms with Gasteiger partial charge >= 0.3 is 0 Å². The summed E-state index contributed by atoms with van der Waals surface area (Å²) in [6.45, 7) is 3.23. The maximum atomic E-state index is 13.4. The molecule has 1 amide bonds. The van der Waals surface area contributed by atoms with Crippen LogP contribution in [0.25, 0.3) is 10.2 Å². The number of fused-ring (bicyclic) bond motifs is 1. The van der Waals surface area contributed by atoms with E-state index in [2.05, 4.69) is 15.9 Å². The number of amides is 1. The van der Waals surface area contributed by atoms with Gasteiger partial charge in [0.2, 0.25) is 0 Å². The fraction of sp³-hybridized carbons (Fsp3) is 0.300. The molecule has 140 valence electrons. The van der Waals surface area contributed by atoms with Crippen LogP contribution in [0.3, 0.4) is 0 Å². The van der Waals surface area contributed by atoms with Crippen molar-refractivity contribution in [3.05, 3.63) is 57.0 Å². The van der Waals surface area contributed by atoms with E-state index in [-0.39, 0.29) is 12.0 Å². The molecule has 0 aliphatic carbocycles. The van der Waals surface area contributed by atoms with E-state index in [1.54, 1.807) is 4.90 Å². The lowest BCUT2D eigenvalue weighted by Gasteiger charge is -2.23. The van der Waals surface area contributed by atoms with Crippen LogP contribution < -0.4 is 4.90 Å². The summed E-state index contributed by atoms with van der Waals surface area (Å²) >= 11 is 11.3. The molecule has 0 radical (unpaired) electrons. The first-order valence-electron chi connectivity index (χ1n) is 8.78. The summed E-state index contributed by atoms with van der Waals surface area (Å²) in [4.78, 5) is 19.9. The third-order valence-corrected chi connectivity index (χ3v) is 6.91. The van der Waals surface area contributed by atoms with Crippen LogP contribution in [0.5, 0.6) is 0 Å². The normalized spacial score (nSPS) is 16.8. The molecule has 1 aliphatic rings. The van der Waals surface area contributed by atoms with Crippen molar-refractivity contribution in [1.29, 1.82) is 0 Å². The van der Waals surface area contributed by atoms with Gasteiger partial charge in [-0.25, -0.2) is 4.98 Å².